The molecule has 0 atom stereocenters. The summed E-state index contributed by atoms with van der Waals surface area (Å²) in [6.45, 7) is 0. The van der Waals surface area contributed by atoms with E-state index < -0.39 is 0 Å². The van der Waals surface area contributed by atoms with Crippen molar-refractivity contribution in [2.45, 2.75) is 0 Å². The van der Waals surface area contributed by atoms with Gasteiger partial charge in [-0.2, -0.15) is 0 Å². The number of anilines is 3. The quantitative estimate of drug-likeness (QED) is 0.163. The van der Waals surface area contributed by atoms with Gasteiger partial charge >= 0.3 is 0 Å². The average Bonchev–Trinajstić information content (AvgIpc) is 3.59. The molecule has 0 unspecified atom stereocenters. The lowest BCUT2D eigenvalue weighted by Gasteiger charge is -2.28. The molecule has 0 amide bonds. The van der Waals surface area contributed by atoms with Crippen molar-refractivity contribution in [1.82, 2.24) is 4.57 Å². The number of hydrogen-bond donors (Lipinski definition) is 0. The van der Waals surface area contributed by atoms with E-state index in [0.717, 1.165) is 22.7 Å². The molecular formula is C56H36N2. The van der Waals surface area contributed by atoms with Gasteiger partial charge in [0.2, 0.25) is 0 Å². The third-order valence-electron chi connectivity index (χ3n) is 12.1. The molecule has 0 N–H and O–H groups in total. The van der Waals surface area contributed by atoms with Crippen molar-refractivity contribution >= 4 is 60.3 Å². The van der Waals surface area contributed by atoms with Crippen LogP contribution < -0.4 is 4.90 Å². The molecule has 0 bridgehead atoms. The van der Waals surface area contributed by atoms with Crippen LogP contribution in [0.25, 0.3) is 93.5 Å². The predicted molar refractivity (Wildman–Crippen MR) is 246 cm³/mol. The van der Waals surface area contributed by atoms with Crippen LogP contribution in [-0.4, -0.2) is 4.57 Å². The monoisotopic (exact) mass is 736 g/mol. The Hall–Kier alpha value is -7.68. The Kier molecular flexibility index (Phi) is 7.26. The number of rotatable bonds is 4. The number of aromatic nitrogens is 1. The fourth-order valence-electron chi connectivity index (χ4n) is 9.54. The van der Waals surface area contributed by atoms with Crippen molar-refractivity contribution < 1.29 is 0 Å². The van der Waals surface area contributed by atoms with Crippen LogP contribution in [0.3, 0.4) is 0 Å². The molecule has 2 heteroatoms. The van der Waals surface area contributed by atoms with Crippen molar-refractivity contribution in [2.75, 3.05) is 4.90 Å². The van der Waals surface area contributed by atoms with Crippen LogP contribution in [0.5, 0.6) is 0 Å². The van der Waals surface area contributed by atoms with E-state index >= 15 is 0 Å². The second-order valence-electron chi connectivity index (χ2n) is 15.3. The first-order valence-electron chi connectivity index (χ1n) is 20.0. The number of para-hydroxylation sites is 4. The van der Waals surface area contributed by atoms with E-state index in [-0.39, 0.29) is 0 Å². The average molecular weight is 737 g/mol. The maximum atomic E-state index is 2.46. The molecule has 270 valence electrons. The van der Waals surface area contributed by atoms with Crippen LogP contribution in [0.15, 0.2) is 218 Å². The van der Waals surface area contributed by atoms with Gasteiger partial charge in [0.1, 0.15) is 0 Å². The van der Waals surface area contributed by atoms with Crippen molar-refractivity contribution in [3.63, 3.8) is 0 Å². The highest BCUT2D eigenvalue weighted by molar-refractivity contribution is 6.25. The van der Waals surface area contributed by atoms with Crippen molar-refractivity contribution in [3.05, 3.63) is 218 Å². The van der Waals surface area contributed by atoms with E-state index in [9.17, 15) is 0 Å². The molecule has 0 radical (unpaired) electrons. The Labute approximate surface area is 337 Å². The van der Waals surface area contributed by atoms with E-state index in [2.05, 4.69) is 228 Å². The molecule has 2 heterocycles. The largest absolute Gasteiger partial charge is 0.309 e. The molecule has 10 aromatic carbocycles. The van der Waals surface area contributed by atoms with Crippen LogP contribution >= 0.6 is 0 Å². The summed E-state index contributed by atoms with van der Waals surface area (Å²) in [5, 5.41) is 8.97. The first kappa shape index (κ1) is 32.6. The first-order valence-corrected chi connectivity index (χ1v) is 20.0. The summed E-state index contributed by atoms with van der Waals surface area (Å²) < 4.78 is 2.46. The maximum Gasteiger partial charge on any atom is 0.0641 e. The third kappa shape index (κ3) is 4.92. The fourth-order valence-corrected chi connectivity index (χ4v) is 9.54. The lowest BCUT2D eigenvalue weighted by atomic mass is 9.91. The Morgan fingerprint density at radius 2 is 0.776 bits per heavy atom. The lowest BCUT2D eigenvalue weighted by Crippen LogP contribution is -2.11. The van der Waals surface area contributed by atoms with E-state index in [1.165, 1.54) is 87.9 Å². The molecule has 11 aromatic rings. The minimum atomic E-state index is 1.13. The molecule has 1 aliphatic heterocycles. The van der Waals surface area contributed by atoms with Gasteiger partial charge in [-0.05, 0) is 115 Å². The van der Waals surface area contributed by atoms with E-state index in [1.54, 1.807) is 0 Å². The Morgan fingerprint density at radius 3 is 1.48 bits per heavy atom. The Morgan fingerprint density at radius 1 is 0.276 bits per heavy atom. The smallest absolute Gasteiger partial charge is 0.0641 e. The summed E-state index contributed by atoms with van der Waals surface area (Å²) >= 11 is 0. The van der Waals surface area contributed by atoms with Crippen LogP contribution in [0.1, 0.15) is 0 Å². The number of hydrogen-bond acceptors (Lipinski definition) is 1. The van der Waals surface area contributed by atoms with E-state index in [0.29, 0.717) is 0 Å². The van der Waals surface area contributed by atoms with Gasteiger partial charge in [0.05, 0.1) is 22.6 Å². The number of benzene rings is 10. The van der Waals surface area contributed by atoms with Gasteiger partial charge in [0, 0.05) is 33.5 Å². The molecule has 58 heavy (non-hydrogen) atoms. The zero-order valence-electron chi connectivity index (χ0n) is 31.7. The van der Waals surface area contributed by atoms with Gasteiger partial charge in [-0.25, -0.2) is 0 Å². The molecule has 0 aliphatic carbocycles. The highest BCUT2D eigenvalue weighted by Crippen LogP contribution is 2.55. The van der Waals surface area contributed by atoms with Crippen LogP contribution in [-0.2, 0) is 0 Å². The van der Waals surface area contributed by atoms with Gasteiger partial charge in [-0.1, -0.05) is 158 Å². The zero-order chi connectivity index (χ0) is 38.2. The molecule has 0 fully saturated rings. The second kappa shape index (κ2) is 12.9. The summed E-state index contributed by atoms with van der Waals surface area (Å²) in [7, 11) is 0. The molecule has 1 aliphatic rings. The topological polar surface area (TPSA) is 8.17 Å². The molecule has 1 aromatic heterocycles. The summed E-state index contributed by atoms with van der Waals surface area (Å²) in [6, 6.07) is 80.1. The molecule has 0 saturated carbocycles. The van der Waals surface area contributed by atoms with Gasteiger partial charge in [0.15, 0.2) is 0 Å². The minimum absolute atomic E-state index is 1.13. The highest BCUT2D eigenvalue weighted by atomic mass is 15.2. The van der Waals surface area contributed by atoms with Crippen molar-refractivity contribution in [2.24, 2.45) is 0 Å². The van der Waals surface area contributed by atoms with Crippen LogP contribution in [0.2, 0.25) is 0 Å². The van der Waals surface area contributed by atoms with Gasteiger partial charge in [0.25, 0.3) is 0 Å². The molecule has 2 nitrogen and oxygen atoms in total. The van der Waals surface area contributed by atoms with Gasteiger partial charge in [-0.15, -0.1) is 0 Å². The first-order chi connectivity index (χ1) is 28.8. The third-order valence-corrected chi connectivity index (χ3v) is 12.1. The van der Waals surface area contributed by atoms with Crippen molar-refractivity contribution in [3.8, 4) is 50.3 Å². The fraction of sp³-hybridized carbons (Fsp3) is 0. The number of nitrogens with zero attached hydrogens (tertiary/aromatic N) is 2. The predicted octanol–water partition coefficient (Wildman–Crippen LogP) is 15.5. The lowest BCUT2D eigenvalue weighted by molar-refractivity contribution is 1.13. The standard InChI is InChI=1S/C56H36N2/c1-3-18-41(19-4-1)57-53-29-14-12-27-49(53)56-55(48-26-11-13-28-52(48)58(56)42-20-5-2-6-21-42)51-36-40(31-33-54(51)57)38-17-15-16-37(34-38)39-30-32-47-45-24-8-7-22-43(45)44-23-9-10-25-46(44)50(47)35-39/h1-36H. The highest BCUT2D eigenvalue weighted by Gasteiger charge is 2.31. The maximum absolute atomic E-state index is 2.46. The summed E-state index contributed by atoms with van der Waals surface area (Å²) in [5.41, 5.74) is 15.4. The van der Waals surface area contributed by atoms with Crippen LogP contribution in [0.4, 0.5) is 17.1 Å². The van der Waals surface area contributed by atoms with E-state index in [4.69, 9.17) is 0 Å². The van der Waals surface area contributed by atoms with E-state index in [1.807, 2.05) is 0 Å². The molecule has 0 saturated heterocycles. The Balaban J connectivity index is 1.09. The van der Waals surface area contributed by atoms with Crippen LogP contribution in [0, 0.1) is 0 Å². The van der Waals surface area contributed by atoms with Gasteiger partial charge < -0.3 is 9.47 Å². The summed E-state index contributed by atoms with van der Waals surface area (Å²) in [6.07, 6.45) is 0. The zero-order valence-corrected chi connectivity index (χ0v) is 31.7. The SMILES string of the molecule is c1ccc(N2c3ccc(-c4cccc(-c5ccc6c7ccccc7c7ccccc7c6c5)c4)cc3-c3c(n(-c4ccccc4)c4ccccc34)-c3ccccc32)cc1. The summed E-state index contributed by atoms with van der Waals surface area (Å²) in [5.74, 6) is 0. The molecule has 0 spiro atoms. The minimum Gasteiger partial charge on any atom is -0.309 e. The van der Waals surface area contributed by atoms with Gasteiger partial charge in [-0.3, -0.25) is 0 Å². The van der Waals surface area contributed by atoms with Crippen molar-refractivity contribution in [1.29, 1.82) is 0 Å². The second-order valence-corrected chi connectivity index (χ2v) is 15.3. The normalized spacial score (nSPS) is 12.1. The molecule has 12 rings (SSSR count). The number of fused-ring (bicyclic) bond motifs is 13. The molecular weight excluding hydrogens is 701 g/mol. The summed E-state index contributed by atoms with van der Waals surface area (Å²) in [4.78, 5) is 2.44. The Bertz CT molecular complexity index is 3360.